The zero-order valence-electron chi connectivity index (χ0n) is 13.8. The van der Waals surface area contributed by atoms with Crippen molar-refractivity contribution in [1.82, 2.24) is 14.8 Å². The number of aromatic nitrogens is 3. The summed E-state index contributed by atoms with van der Waals surface area (Å²) >= 11 is 0. The smallest absolute Gasteiger partial charge is 0.255 e. The molecule has 0 aliphatic rings. The fourth-order valence-electron chi connectivity index (χ4n) is 2.55. The van der Waals surface area contributed by atoms with Gasteiger partial charge in [-0.15, -0.1) is 10.2 Å². The molecule has 122 valence electrons. The predicted octanol–water partition coefficient (Wildman–Crippen LogP) is 3.15. The topological polar surface area (TPSA) is 69.0 Å². The highest BCUT2D eigenvalue weighted by Gasteiger charge is 2.11. The third-order valence-corrected chi connectivity index (χ3v) is 3.83. The molecule has 0 unspecified atom stereocenters. The van der Waals surface area contributed by atoms with Crippen LogP contribution in [0.3, 0.4) is 0 Å². The van der Waals surface area contributed by atoms with Crippen LogP contribution in [0.2, 0.25) is 0 Å². The Labute approximate surface area is 140 Å². The van der Waals surface area contributed by atoms with Gasteiger partial charge in [-0.3, -0.25) is 9.36 Å². The zero-order valence-corrected chi connectivity index (χ0v) is 13.8. The first-order valence-corrected chi connectivity index (χ1v) is 7.50. The van der Waals surface area contributed by atoms with E-state index >= 15 is 0 Å². The molecule has 6 nitrogen and oxygen atoms in total. The number of nitrogens with zero attached hydrogens (tertiary/aromatic N) is 3. The number of aryl methyl sites for hydroxylation is 2. The van der Waals surface area contributed by atoms with Crippen LogP contribution >= 0.6 is 0 Å². The van der Waals surface area contributed by atoms with Crippen molar-refractivity contribution in [1.29, 1.82) is 0 Å². The number of rotatable bonds is 4. The molecule has 1 N–H and O–H groups in total. The Morgan fingerprint density at radius 1 is 1.04 bits per heavy atom. The summed E-state index contributed by atoms with van der Waals surface area (Å²) in [6, 6.07) is 11.0. The van der Waals surface area contributed by atoms with Gasteiger partial charge in [0, 0.05) is 16.9 Å². The van der Waals surface area contributed by atoms with Gasteiger partial charge in [0.15, 0.2) is 0 Å². The fourth-order valence-corrected chi connectivity index (χ4v) is 2.55. The molecule has 3 aromatic rings. The maximum atomic E-state index is 12.5. The van der Waals surface area contributed by atoms with E-state index < -0.39 is 0 Å². The average Bonchev–Trinajstić information content (AvgIpc) is 3.12. The SMILES string of the molecule is COc1ccc(C(=O)Nc2c(C)cc(-n3cnnc3)cc2C)cc1. The lowest BCUT2D eigenvalue weighted by molar-refractivity contribution is 0.102. The van der Waals surface area contributed by atoms with Crippen molar-refractivity contribution in [3.8, 4) is 11.4 Å². The predicted molar refractivity (Wildman–Crippen MR) is 91.8 cm³/mol. The summed E-state index contributed by atoms with van der Waals surface area (Å²) in [4.78, 5) is 12.5. The molecule has 0 saturated carbocycles. The van der Waals surface area contributed by atoms with Gasteiger partial charge < -0.3 is 10.1 Å². The lowest BCUT2D eigenvalue weighted by Crippen LogP contribution is -2.14. The Balaban J connectivity index is 1.85. The van der Waals surface area contributed by atoms with Crippen LogP contribution in [0.4, 0.5) is 5.69 Å². The van der Waals surface area contributed by atoms with E-state index in [2.05, 4.69) is 15.5 Å². The van der Waals surface area contributed by atoms with Gasteiger partial charge in [0.2, 0.25) is 0 Å². The Hall–Kier alpha value is -3.15. The minimum absolute atomic E-state index is 0.152. The molecule has 1 aromatic heterocycles. The van der Waals surface area contributed by atoms with Crippen molar-refractivity contribution in [2.24, 2.45) is 0 Å². The Bertz CT molecular complexity index is 832. The van der Waals surface area contributed by atoms with E-state index in [1.807, 2.05) is 30.5 Å². The molecule has 0 aliphatic heterocycles. The van der Waals surface area contributed by atoms with E-state index in [0.717, 1.165) is 28.3 Å². The molecule has 0 bridgehead atoms. The Kier molecular flexibility index (Phi) is 4.29. The van der Waals surface area contributed by atoms with Crippen LogP contribution in [0.15, 0.2) is 49.1 Å². The van der Waals surface area contributed by atoms with Crippen LogP contribution in [-0.2, 0) is 0 Å². The highest BCUT2D eigenvalue weighted by molar-refractivity contribution is 6.05. The number of carbonyl (C=O) groups excluding carboxylic acids is 1. The summed E-state index contributed by atoms with van der Waals surface area (Å²) in [5, 5.41) is 10.6. The van der Waals surface area contributed by atoms with Crippen molar-refractivity contribution in [3.05, 3.63) is 65.7 Å². The lowest BCUT2D eigenvalue weighted by Gasteiger charge is -2.14. The summed E-state index contributed by atoms with van der Waals surface area (Å²) in [7, 11) is 1.60. The van der Waals surface area contributed by atoms with Gasteiger partial charge in [-0.2, -0.15) is 0 Å². The van der Waals surface area contributed by atoms with Crippen LogP contribution < -0.4 is 10.1 Å². The minimum Gasteiger partial charge on any atom is -0.497 e. The average molecular weight is 322 g/mol. The Morgan fingerprint density at radius 3 is 2.17 bits per heavy atom. The first-order valence-electron chi connectivity index (χ1n) is 7.50. The molecule has 2 aromatic carbocycles. The molecule has 0 aliphatic carbocycles. The van der Waals surface area contributed by atoms with Crippen molar-refractivity contribution >= 4 is 11.6 Å². The monoisotopic (exact) mass is 322 g/mol. The first-order chi connectivity index (χ1) is 11.6. The quantitative estimate of drug-likeness (QED) is 0.801. The highest BCUT2D eigenvalue weighted by Crippen LogP contribution is 2.25. The standard InChI is InChI=1S/C18H18N4O2/c1-12-8-15(22-10-19-20-11-22)9-13(2)17(12)21-18(23)14-4-6-16(24-3)7-5-14/h4-11H,1-3H3,(H,21,23). The van der Waals surface area contributed by atoms with E-state index in [9.17, 15) is 4.79 Å². The maximum absolute atomic E-state index is 12.5. The van der Waals surface area contributed by atoms with Crippen LogP contribution in [0.5, 0.6) is 5.75 Å². The van der Waals surface area contributed by atoms with Gasteiger partial charge in [0.25, 0.3) is 5.91 Å². The summed E-state index contributed by atoms with van der Waals surface area (Å²) < 4.78 is 6.94. The second-order valence-electron chi connectivity index (χ2n) is 5.51. The number of hydrogen-bond donors (Lipinski definition) is 1. The molecule has 0 saturated heterocycles. The van der Waals surface area contributed by atoms with E-state index in [1.54, 1.807) is 44.0 Å². The highest BCUT2D eigenvalue weighted by atomic mass is 16.5. The third-order valence-electron chi connectivity index (χ3n) is 3.83. The molecule has 1 amide bonds. The summed E-state index contributed by atoms with van der Waals surface area (Å²) in [5.74, 6) is 0.568. The number of anilines is 1. The molecule has 0 atom stereocenters. The van der Waals surface area contributed by atoms with Gasteiger partial charge in [0.1, 0.15) is 18.4 Å². The number of amides is 1. The van der Waals surface area contributed by atoms with Crippen molar-refractivity contribution in [2.75, 3.05) is 12.4 Å². The number of nitrogens with one attached hydrogen (secondary N) is 1. The second kappa shape index (κ2) is 6.54. The van der Waals surface area contributed by atoms with Crippen LogP contribution in [-0.4, -0.2) is 27.8 Å². The zero-order chi connectivity index (χ0) is 17.1. The third kappa shape index (κ3) is 3.12. The van der Waals surface area contributed by atoms with Gasteiger partial charge in [-0.1, -0.05) is 0 Å². The van der Waals surface area contributed by atoms with E-state index in [0.29, 0.717) is 5.56 Å². The maximum Gasteiger partial charge on any atom is 0.255 e. The summed E-state index contributed by atoms with van der Waals surface area (Å²) in [5.41, 5.74) is 4.30. The molecular weight excluding hydrogens is 304 g/mol. The fraction of sp³-hybridized carbons (Fsp3) is 0.167. The largest absolute Gasteiger partial charge is 0.497 e. The van der Waals surface area contributed by atoms with Crippen molar-refractivity contribution in [2.45, 2.75) is 13.8 Å². The van der Waals surface area contributed by atoms with E-state index in [-0.39, 0.29) is 5.91 Å². The first kappa shape index (κ1) is 15.7. The molecule has 24 heavy (non-hydrogen) atoms. The summed E-state index contributed by atoms with van der Waals surface area (Å²) in [6.45, 7) is 3.93. The molecule has 3 rings (SSSR count). The molecular formula is C18H18N4O2. The lowest BCUT2D eigenvalue weighted by atomic mass is 10.1. The van der Waals surface area contributed by atoms with Crippen molar-refractivity contribution < 1.29 is 9.53 Å². The van der Waals surface area contributed by atoms with Crippen LogP contribution in [0.1, 0.15) is 21.5 Å². The van der Waals surface area contributed by atoms with Crippen LogP contribution in [0.25, 0.3) is 5.69 Å². The van der Waals surface area contributed by atoms with Gasteiger partial charge in [0.05, 0.1) is 7.11 Å². The molecule has 0 radical (unpaired) electrons. The van der Waals surface area contributed by atoms with E-state index in [4.69, 9.17) is 4.74 Å². The minimum atomic E-state index is -0.152. The number of hydrogen-bond acceptors (Lipinski definition) is 4. The van der Waals surface area contributed by atoms with E-state index in [1.165, 1.54) is 0 Å². The normalized spacial score (nSPS) is 10.5. The number of methoxy groups -OCH3 is 1. The Morgan fingerprint density at radius 2 is 1.62 bits per heavy atom. The molecule has 6 heteroatoms. The van der Waals surface area contributed by atoms with Crippen molar-refractivity contribution in [3.63, 3.8) is 0 Å². The number of ether oxygens (including phenoxy) is 1. The van der Waals surface area contributed by atoms with Crippen LogP contribution in [0, 0.1) is 13.8 Å². The van der Waals surface area contributed by atoms with Gasteiger partial charge >= 0.3 is 0 Å². The number of carbonyl (C=O) groups is 1. The second-order valence-corrected chi connectivity index (χ2v) is 5.51. The molecule has 0 fully saturated rings. The number of benzene rings is 2. The summed E-state index contributed by atoms with van der Waals surface area (Å²) in [6.07, 6.45) is 3.29. The van der Waals surface area contributed by atoms with Gasteiger partial charge in [-0.25, -0.2) is 0 Å². The molecule has 1 heterocycles. The van der Waals surface area contributed by atoms with Gasteiger partial charge in [-0.05, 0) is 61.4 Å². The molecule has 0 spiro atoms.